The van der Waals surface area contributed by atoms with Crippen LogP contribution in [0, 0.1) is 0 Å². The van der Waals surface area contributed by atoms with E-state index in [-0.39, 0.29) is 148 Å². The standard InChI is InChI=1S/C35H30O20S5.5Na/c36-31-16-1-17-7-27(57(44,45)46)9-19(32(17)37)3-21-11-29(59(50,51)52)13-23(34(21)39)5-25-15-30(60(53,54)55)14-24(35(25)40)4-22-12-28(58(47,48)49)10-20(33(22)38)2-18(31)8-26(6-16)56(41,42)43;;;;;/h6-15,36-40H,1-5H2,(H,41,42,43)(H,44,45,46)(H,47,48,49)(H,50,51,52)(H,53,54,55);;;;;/q;5*+1/p-5. The molecule has 5 N–H and O–H groups in total. The van der Waals surface area contributed by atoms with E-state index in [1.807, 2.05) is 0 Å². The Kier molecular flexibility index (Phi) is 22.0. The molecule has 1 aliphatic rings. The monoisotopic (exact) mass is 1040 g/mol. The van der Waals surface area contributed by atoms with E-state index in [4.69, 9.17) is 0 Å². The SMILES string of the molecule is O=S(=O)(O)c1cc2c([O-])c(c1)Cc1cc(S(=O)(=O)O)cc(c1[O-])Cc1cc(S(=O)(=O)O)cc(c1[O-])Cc1cc(S(=O)(=O)O)cc(c1[O-])Cc1cc(S(=O)(=O)O)cc(c1[O-])C2.[Na+].[Na+].[Na+].[Na+].[Na+]. The largest absolute Gasteiger partial charge is 1.00 e. The van der Waals surface area contributed by atoms with Crippen molar-refractivity contribution in [2.75, 3.05) is 0 Å². The smallest absolute Gasteiger partial charge is 0.872 e. The van der Waals surface area contributed by atoms with Crippen LogP contribution >= 0.6 is 0 Å². The quantitative estimate of drug-likeness (QED) is 0.0790. The molecule has 0 saturated heterocycles. The van der Waals surface area contributed by atoms with Crippen molar-refractivity contribution in [2.24, 2.45) is 0 Å². The van der Waals surface area contributed by atoms with E-state index in [9.17, 15) is 90.4 Å². The minimum atomic E-state index is -5.25. The van der Waals surface area contributed by atoms with E-state index in [1.54, 1.807) is 0 Å². The maximum atomic E-state index is 13.9. The second-order valence-corrected chi connectivity index (χ2v) is 20.7. The van der Waals surface area contributed by atoms with Gasteiger partial charge in [-0.1, -0.05) is 0 Å². The van der Waals surface area contributed by atoms with E-state index in [0.29, 0.717) is 60.7 Å². The van der Waals surface area contributed by atoms with E-state index in [0.717, 1.165) is 0 Å². The molecule has 0 radical (unpaired) electrons. The van der Waals surface area contributed by atoms with Crippen molar-refractivity contribution in [3.63, 3.8) is 0 Å². The maximum absolute atomic E-state index is 13.9. The third-order valence-electron chi connectivity index (χ3n) is 9.48. The number of hydrogen-bond acceptors (Lipinski definition) is 15. The van der Waals surface area contributed by atoms with Gasteiger partial charge in [0, 0.05) is 0 Å². The van der Waals surface area contributed by atoms with Gasteiger partial charge in [0.05, 0.1) is 24.5 Å². The van der Waals surface area contributed by atoms with Crippen LogP contribution in [0.3, 0.4) is 0 Å². The van der Waals surface area contributed by atoms with Gasteiger partial charge in [0.2, 0.25) is 0 Å². The first kappa shape index (κ1) is 62.7. The minimum absolute atomic E-state index is 0. The number of hydrogen-bond donors (Lipinski definition) is 5. The second-order valence-electron chi connectivity index (χ2n) is 13.6. The van der Waals surface area contributed by atoms with Crippen LogP contribution in [0.4, 0.5) is 0 Å². The molecule has 5 aromatic rings. The number of rotatable bonds is 5. The van der Waals surface area contributed by atoms with Gasteiger partial charge in [-0.05, 0) is 148 Å². The molecule has 0 unspecified atom stereocenters. The van der Waals surface area contributed by atoms with Gasteiger partial charge < -0.3 is 25.5 Å². The molecule has 0 heterocycles. The summed E-state index contributed by atoms with van der Waals surface area (Å²) in [6, 6.07) is 5.81. The molecule has 0 aromatic heterocycles. The zero-order valence-electron chi connectivity index (χ0n) is 34.7. The van der Waals surface area contributed by atoms with Gasteiger partial charge in [-0.25, -0.2) is 0 Å². The molecule has 0 aliphatic heterocycles. The third kappa shape index (κ3) is 14.4. The maximum Gasteiger partial charge on any atom is 1.00 e. The van der Waals surface area contributed by atoms with Crippen LogP contribution in [-0.4, -0.2) is 64.9 Å². The second kappa shape index (κ2) is 22.8. The molecular formula is C35H25Na5O20S5. The molecule has 320 valence electrons. The van der Waals surface area contributed by atoms with Gasteiger partial charge in [-0.15, -0.1) is 28.7 Å². The van der Waals surface area contributed by atoms with E-state index in [1.165, 1.54) is 0 Å². The van der Waals surface area contributed by atoms with Crippen molar-refractivity contribution in [1.29, 1.82) is 0 Å². The molecule has 0 fully saturated rings. The third-order valence-corrected chi connectivity index (χ3v) is 13.6. The molecule has 0 saturated carbocycles. The number of benzene rings is 5. The van der Waals surface area contributed by atoms with Crippen molar-refractivity contribution in [3.05, 3.63) is 116 Å². The Balaban J connectivity index is 0.00000422. The fraction of sp³-hybridized carbons (Fsp3) is 0.143. The summed E-state index contributed by atoms with van der Waals surface area (Å²) in [5.41, 5.74) is -6.72. The van der Waals surface area contributed by atoms with Crippen molar-refractivity contribution in [2.45, 2.75) is 56.6 Å². The van der Waals surface area contributed by atoms with Crippen molar-refractivity contribution in [3.8, 4) is 28.7 Å². The summed E-state index contributed by atoms with van der Waals surface area (Å²) in [7, 11) is -26.2. The first-order chi connectivity index (χ1) is 27.4. The van der Waals surface area contributed by atoms with Crippen molar-refractivity contribution < 1.29 is 238 Å². The van der Waals surface area contributed by atoms with Gasteiger partial charge in [-0.3, -0.25) is 22.8 Å². The predicted octanol–water partition coefficient (Wildman–Crippen LogP) is -15.4. The van der Waals surface area contributed by atoms with Crippen LogP contribution in [0.15, 0.2) is 85.1 Å². The molecule has 6 rings (SSSR count). The Morgan fingerprint density at radius 3 is 0.431 bits per heavy atom. The normalized spacial score (nSPS) is 13.0. The molecule has 0 atom stereocenters. The van der Waals surface area contributed by atoms with Crippen LogP contribution in [0.1, 0.15) is 55.6 Å². The molecule has 65 heavy (non-hydrogen) atoms. The average molecular weight is 1040 g/mol. The van der Waals surface area contributed by atoms with Gasteiger partial charge in [0.1, 0.15) is 0 Å². The fourth-order valence-corrected chi connectivity index (χ4v) is 9.61. The summed E-state index contributed by atoms with van der Waals surface area (Å²) in [6.45, 7) is 0. The Morgan fingerprint density at radius 2 is 0.354 bits per heavy atom. The summed E-state index contributed by atoms with van der Waals surface area (Å²) in [5, 5.41) is 69.7. The first-order valence-electron chi connectivity index (χ1n) is 16.4. The van der Waals surface area contributed by atoms with Gasteiger partial charge >= 0.3 is 148 Å². The molecule has 10 bridgehead atoms. The Morgan fingerprint density at radius 1 is 0.262 bits per heavy atom. The Bertz CT molecular complexity index is 2650. The zero-order chi connectivity index (χ0) is 44.7. The number of fused-ring (bicyclic) bond motifs is 10. The summed E-state index contributed by atoms with van der Waals surface area (Å²) in [4.78, 5) is -5.13. The summed E-state index contributed by atoms with van der Waals surface area (Å²) >= 11 is 0. The zero-order valence-corrected chi connectivity index (χ0v) is 48.8. The summed E-state index contributed by atoms with van der Waals surface area (Å²) in [5.74, 6) is -5.87. The van der Waals surface area contributed by atoms with Gasteiger partial charge in [-0.2, -0.15) is 42.1 Å². The fourth-order valence-electron chi connectivity index (χ4n) is 6.70. The molecule has 0 spiro atoms. The van der Waals surface area contributed by atoms with Crippen LogP contribution in [-0.2, 0) is 82.7 Å². The van der Waals surface area contributed by atoms with Crippen LogP contribution in [0.25, 0.3) is 0 Å². The predicted molar refractivity (Wildman–Crippen MR) is 193 cm³/mol. The molecule has 20 nitrogen and oxygen atoms in total. The van der Waals surface area contributed by atoms with Gasteiger partial charge in [0.15, 0.2) is 0 Å². The van der Waals surface area contributed by atoms with Crippen LogP contribution < -0.4 is 173 Å². The molecule has 0 amide bonds. The molecule has 1 aliphatic carbocycles. The average Bonchev–Trinajstić information content (AvgIpc) is 3.09. The van der Waals surface area contributed by atoms with E-state index >= 15 is 0 Å². The molecule has 5 aromatic carbocycles. The Labute approximate surface area is 483 Å². The topological polar surface area (TPSA) is 387 Å². The summed E-state index contributed by atoms with van der Waals surface area (Å²) in [6.07, 6.45) is -4.85. The first-order valence-corrected chi connectivity index (χ1v) is 23.6. The van der Waals surface area contributed by atoms with E-state index < -0.39 is 192 Å². The Hall–Kier alpha value is -0.350. The van der Waals surface area contributed by atoms with Crippen molar-refractivity contribution >= 4 is 50.6 Å². The van der Waals surface area contributed by atoms with Gasteiger partial charge in [0.25, 0.3) is 50.6 Å². The van der Waals surface area contributed by atoms with E-state index in [2.05, 4.69) is 0 Å². The molecular weight excluding hydrogens is 1020 g/mol. The van der Waals surface area contributed by atoms with Crippen molar-refractivity contribution in [1.82, 2.24) is 0 Å². The minimum Gasteiger partial charge on any atom is -0.872 e. The van der Waals surface area contributed by atoms with Crippen LogP contribution in [0.5, 0.6) is 28.7 Å². The van der Waals surface area contributed by atoms with Crippen LogP contribution in [0.2, 0.25) is 0 Å². The summed E-state index contributed by atoms with van der Waals surface area (Å²) < 4.78 is 174. The molecule has 30 heteroatoms.